The second-order valence-electron chi connectivity index (χ2n) is 3.37. The van der Waals surface area contributed by atoms with Crippen LogP contribution in [0.5, 0.6) is 0 Å². The van der Waals surface area contributed by atoms with Gasteiger partial charge in [0.05, 0.1) is 0 Å². The average Bonchev–Trinajstić information content (AvgIpc) is 2.79. The Labute approximate surface area is 83.8 Å². The van der Waals surface area contributed by atoms with Crippen molar-refractivity contribution in [1.29, 1.82) is 5.26 Å². The van der Waals surface area contributed by atoms with E-state index in [0.29, 0.717) is 6.42 Å². The Morgan fingerprint density at radius 2 is 2.27 bits per heavy atom. The molecular formula is C8H9F3N2O2. The van der Waals surface area contributed by atoms with Crippen molar-refractivity contribution in [3.8, 4) is 6.07 Å². The molecule has 0 bridgehead atoms. The molecule has 7 heteroatoms. The number of ether oxygens (including phenoxy) is 1. The molecule has 0 spiro atoms. The van der Waals surface area contributed by atoms with E-state index in [-0.39, 0.29) is 18.9 Å². The van der Waals surface area contributed by atoms with Gasteiger partial charge < -0.3 is 10.5 Å². The first-order valence-electron chi connectivity index (χ1n) is 4.27. The van der Waals surface area contributed by atoms with Crippen LogP contribution in [-0.4, -0.2) is 24.3 Å². The molecule has 1 rings (SSSR count). The van der Waals surface area contributed by atoms with Crippen LogP contribution in [0.4, 0.5) is 13.2 Å². The summed E-state index contributed by atoms with van der Waals surface area (Å²) in [5, 5.41) is 8.63. The Morgan fingerprint density at radius 1 is 1.67 bits per heavy atom. The maximum Gasteiger partial charge on any atom is 0.490 e. The van der Waals surface area contributed by atoms with Crippen LogP contribution in [0.15, 0.2) is 0 Å². The van der Waals surface area contributed by atoms with E-state index < -0.39 is 17.7 Å². The van der Waals surface area contributed by atoms with Crippen molar-refractivity contribution in [2.24, 2.45) is 11.7 Å². The number of nitriles is 1. The Bertz CT molecular complexity index is 310. The zero-order chi connectivity index (χ0) is 11.7. The Kier molecular flexibility index (Phi) is 2.90. The van der Waals surface area contributed by atoms with E-state index in [1.807, 2.05) is 0 Å². The minimum atomic E-state index is -5.06. The number of nitrogens with two attached hydrogens (primary N) is 1. The summed E-state index contributed by atoms with van der Waals surface area (Å²) < 4.78 is 39.7. The van der Waals surface area contributed by atoms with Gasteiger partial charge in [-0.25, -0.2) is 4.79 Å². The summed E-state index contributed by atoms with van der Waals surface area (Å²) in [6.07, 6.45) is -4.55. The van der Waals surface area contributed by atoms with Crippen molar-refractivity contribution in [3.63, 3.8) is 0 Å². The van der Waals surface area contributed by atoms with Crippen LogP contribution in [0.25, 0.3) is 0 Å². The van der Waals surface area contributed by atoms with Gasteiger partial charge in [0.15, 0.2) is 0 Å². The maximum atomic E-state index is 11.8. The molecule has 1 fully saturated rings. The van der Waals surface area contributed by atoms with Crippen molar-refractivity contribution in [2.75, 3.05) is 6.54 Å². The van der Waals surface area contributed by atoms with E-state index >= 15 is 0 Å². The van der Waals surface area contributed by atoms with Crippen molar-refractivity contribution in [3.05, 3.63) is 0 Å². The fourth-order valence-corrected chi connectivity index (χ4v) is 1.35. The Balaban J connectivity index is 2.59. The molecule has 15 heavy (non-hydrogen) atoms. The van der Waals surface area contributed by atoms with Gasteiger partial charge in [0.1, 0.15) is 6.07 Å². The second kappa shape index (κ2) is 3.70. The van der Waals surface area contributed by atoms with Gasteiger partial charge in [-0.1, -0.05) is 0 Å². The monoisotopic (exact) mass is 222 g/mol. The number of nitrogens with zero attached hydrogens (tertiary/aromatic N) is 1. The van der Waals surface area contributed by atoms with Crippen molar-refractivity contribution < 1.29 is 22.7 Å². The first-order valence-corrected chi connectivity index (χ1v) is 4.27. The van der Waals surface area contributed by atoms with Crippen LogP contribution in [-0.2, 0) is 9.53 Å². The second-order valence-corrected chi connectivity index (χ2v) is 3.37. The SMILES string of the molecule is N#CC1(OC(=O)C(F)(F)F)CC1CCN. The molecule has 0 saturated heterocycles. The first-order chi connectivity index (χ1) is 6.85. The maximum absolute atomic E-state index is 11.8. The van der Waals surface area contributed by atoms with Crippen LogP contribution < -0.4 is 5.73 Å². The molecule has 1 aliphatic rings. The number of esters is 1. The zero-order valence-corrected chi connectivity index (χ0v) is 7.67. The van der Waals surface area contributed by atoms with E-state index in [0.717, 1.165) is 0 Å². The van der Waals surface area contributed by atoms with Crippen LogP contribution in [0.2, 0.25) is 0 Å². The van der Waals surface area contributed by atoms with E-state index in [4.69, 9.17) is 11.0 Å². The molecule has 2 unspecified atom stereocenters. The molecule has 84 valence electrons. The zero-order valence-electron chi connectivity index (χ0n) is 7.67. The number of hydrogen-bond donors (Lipinski definition) is 1. The summed E-state index contributed by atoms with van der Waals surface area (Å²) in [7, 11) is 0. The highest BCUT2D eigenvalue weighted by Crippen LogP contribution is 2.49. The molecule has 1 aliphatic carbocycles. The van der Waals surface area contributed by atoms with Crippen molar-refractivity contribution >= 4 is 5.97 Å². The van der Waals surface area contributed by atoms with E-state index in [2.05, 4.69) is 4.74 Å². The van der Waals surface area contributed by atoms with E-state index in [9.17, 15) is 18.0 Å². The minimum absolute atomic E-state index is 0.128. The average molecular weight is 222 g/mol. The van der Waals surface area contributed by atoms with Gasteiger partial charge in [-0.2, -0.15) is 18.4 Å². The van der Waals surface area contributed by atoms with Crippen molar-refractivity contribution in [1.82, 2.24) is 0 Å². The molecule has 2 N–H and O–H groups in total. The molecule has 2 atom stereocenters. The third-order valence-electron chi connectivity index (χ3n) is 2.26. The van der Waals surface area contributed by atoms with Gasteiger partial charge in [0.2, 0.25) is 5.60 Å². The number of alkyl halides is 3. The number of halogens is 3. The third kappa shape index (κ3) is 2.39. The molecule has 0 heterocycles. The smallest absolute Gasteiger partial charge is 0.437 e. The summed E-state index contributed by atoms with van der Waals surface area (Å²) in [4.78, 5) is 10.5. The first kappa shape index (κ1) is 11.8. The summed E-state index contributed by atoms with van der Waals surface area (Å²) >= 11 is 0. The van der Waals surface area contributed by atoms with Crippen LogP contribution >= 0.6 is 0 Å². The Hall–Kier alpha value is -1.29. The largest absolute Gasteiger partial charge is 0.490 e. The lowest BCUT2D eigenvalue weighted by Crippen LogP contribution is -2.31. The molecule has 0 radical (unpaired) electrons. The van der Waals surface area contributed by atoms with Gasteiger partial charge >= 0.3 is 12.1 Å². The Morgan fingerprint density at radius 3 is 2.67 bits per heavy atom. The predicted octanol–water partition coefficient (Wildman–Crippen LogP) is 0.723. The highest BCUT2D eigenvalue weighted by molar-refractivity contribution is 5.76. The standard InChI is InChI=1S/C8H9F3N2O2/c9-8(10,11)6(14)15-7(4-13)3-5(7)1-2-12/h5H,1-3,12H2. The van der Waals surface area contributed by atoms with Crippen molar-refractivity contribution in [2.45, 2.75) is 24.6 Å². The number of carbonyl (C=O) groups excluding carboxylic acids is 1. The molecule has 4 nitrogen and oxygen atoms in total. The normalized spacial score (nSPS) is 29.4. The van der Waals surface area contributed by atoms with E-state index in [1.165, 1.54) is 0 Å². The van der Waals surface area contributed by atoms with Gasteiger partial charge in [0, 0.05) is 12.3 Å². The lowest BCUT2D eigenvalue weighted by Gasteiger charge is -2.12. The number of hydrogen-bond acceptors (Lipinski definition) is 4. The lowest BCUT2D eigenvalue weighted by molar-refractivity contribution is -0.204. The number of rotatable bonds is 3. The molecule has 0 aromatic heterocycles. The predicted molar refractivity (Wildman–Crippen MR) is 42.3 cm³/mol. The van der Waals surface area contributed by atoms with Crippen LogP contribution in [0.1, 0.15) is 12.8 Å². The summed E-state index contributed by atoms with van der Waals surface area (Å²) in [5.41, 5.74) is 3.58. The highest BCUT2D eigenvalue weighted by Gasteiger charge is 2.61. The van der Waals surface area contributed by atoms with Gasteiger partial charge in [-0.3, -0.25) is 0 Å². The molecule has 0 aromatic carbocycles. The molecule has 0 amide bonds. The molecular weight excluding hydrogens is 213 g/mol. The summed E-state index contributed by atoms with van der Waals surface area (Å²) in [6, 6.07) is 1.59. The summed E-state index contributed by atoms with van der Waals surface area (Å²) in [6.45, 7) is 0.248. The van der Waals surface area contributed by atoms with Gasteiger partial charge in [0.25, 0.3) is 0 Å². The fourth-order valence-electron chi connectivity index (χ4n) is 1.35. The topological polar surface area (TPSA) is 76.1 Å². The third-order valence-corrected chi connectivity index (χ3v) is 2.26. The minimum Gasteiger partial charge on any atom is -0.437 e. The van der Waals surface area contributed by atoms with Crippen LogP contribution in [0, 0.1) is 17.2 Å². The molecule has 0 aromatic rings. The number of carbonyl (C=O) groups is 1. The fraction of sp³-hybridized carbons (Fsp3) is 0.750. The van der Waals surface area contributed by atoms with Gasteiger partial charge in [-0.15, -0.1) is 0 Å². The quantitative estimate of drug-likeness (QED) is 0.714. The van der Waals surface area contributed by atoms with Crippen LogP contribution in [0.3, 0.4) is 0 Å². The molecule has 0 aliphatic heterocycles. The van der Waals surface area contributed by atoms with Gasteiger partial charge in [-0.05, 0) is 13.0 Å². The van der Waals surface area contributed by atoms with E-state index in [1.54, 1.807) is 6.07 Å². The highest BCUT2D eigenvalue weighted by atomic mass is 19.4. The summed E-state index contributed by atoms with van der Waals surface area (Å²) in [5.74, 6) is -2.69. The lowest BCUT2D eigenvalue weighted by atomic mass is 10.2. The molecule has 1 saturated carbocycles.